The number of hydrogen-bond acceptors (Lipinski definition) is 3. The first-order valence-electron chi connectivity index (χ1n) is 3.68. The van der Waals surface area contributed by atoms with Crippen molar-refractivity contribution in [3.05, 3.63) is 30.1 Å². The first kappa shape index (κ1) is 7.50. The zero-order valence-electron chi connectivity index (χ0n) is 6.64. The average Bonchev–Trinajstić information content (AvgIpc) is 2.59. The Balaban J connectivity index is 2.76. The molecule has 0 bridgehead atoms. The number of carbonyl (C=O) groups excluding carboxylic acids is 1. The van der Waals surface area contributed by atoms with Gasteiger partial charge in [0.2, 0.25) is 6.41 Å². The molecule has 0 saturated carbocycles. The van der Waals surface area contributed by atoms with E-state index in [1.165, 1.54) is 4.57 Å². The van der Waals surface area contributed by atoms with Crippen LogP contribution in [0.2, 0.25) is 0 Å². The van der Waals surface area contributed by atoms with Crippen molar-refractivity contribution >= 4 is 17.4 Å². The van der Waals surface area contributed by atoms with Gasteiger partial charge in [0, 0.05) is 6.20 Å². The van der Waals surface area contributed by atoms with E-state index >= 15 is 0 Å². The van der Waals surface area contributed by atoms with Crippen LogP contribution in [0.4, 0.5) is 0 Å². The molecule has 2 heterocycles. The standard InChI is InChI=1S/C9H5N3O/c10-5-7-1-2-9-8(11-7)3-4-12(9)6-13/h1-4,6H. The molecule has 62 valence electrons. The van der Waals surface area contributed by atoms with Gasteiger partial charge in [-0.05, 0) is 18.2 Å². The molecule has 0 unspecified atom stereocenters. The Morgan fingerprint density at radius 1 is 1.46 bits per heavy atom. The SMILES string of the molecule is N#Cc1ccc2c(ccn2C=O)n1. The predicted molar refractivity (Wildman–Crippen MR) is 46.6 cm³/mol. The number of aromatic nitrogens is 2. The van der Waals surface area contributed by atoms with E-state index in [1.54, 1.807) is 24.4 Å². The van der Waals surface area contributed by atoms with E-state index in [0.717, 1.165) is 0 Å². The third-order valence-electron chi connectivity index (χ3n) is 1.80. The topological polar surface area (TPSA) is 58.7 Å². The van der Waals surface area contributed by atoms with Gasteiger partial charge in [0.15, 0.2) is 0 Å². The summed E-state index contributed by atoms with van der Waals surface area (Å²) in [4.78, 5) is 14.5. The van der Waals surface area contributed by atoms with Crippen LogP contribution in [0, 0.1) is 11.3 Å². The minimum absolute atomic E-state index is 0.358. The number of nitriles is 1. The fourth-order valence-electron chi connectivity index (χ4n) is 1.19. The first-order valence-corrected chi connectivity index (χ1v) is 3.68. The molecule has 0 saturated heterocycles. The van der Waals surface area contributed by atoms with Crippen LogP contribution in [0.25, 0.3) is 11.0 Å². The summed E-state index contributed by atoms with van der Waals surface area (Å²) in [5, 5.41) is 8.57. The fourth-order valence-corrected chi connectivity index (χ4v) is 1.19. The Morgan fingerprint density at radius 3 is 3.00 bits per heavy atom. The maximum atomic E-state index is 10.5. The van der Waals surface area contributed by atoms with Crippen molar-refractivity contribution < 1.29 is 4.79 Å². The number of pyridine rings is 1. The highest BCUT2D eigenvalue weighted by Gasteiger charge is 2.01. The van der Waals surface area contributed by atoms with Crippen molar-refractivity contribution in [2.24, 2.45) is 0 Å². The number of hydrogen-bond donors (Lipinski definition) is 0. The van der Waals surface area contributed by atoms with Gasteiger partial charge < -0.3 is 0 Å². The molecule has 0 fully saturated rings. The number of nitrogens with zero attached hydrogens (tertiary/aromatic N) is 3. The highest BCUT2D eigenvalue weighted by Crippen LogP contribution is 2.12. The molecule has 2 aromatic rings. The molecule has 2 rings (SSSR count). The van der Waals surface area contributed by atoms with Crippen molar-refractivity contribution in [1.82, 2.24) is 9.55 Å². The summed E-state index contributed by atoms with van der Waals surface area (Å²) in [5.41, 5.74) is 1.73. The molecular formula is C9H5N3O. The zero-order valence-corrected chi connectivity index (χ0v) is 6.64. The van der Waals surface area contributed by atoms with Gasteiger partial charge in [-0.25, -0.2) is 4.98 Å². The molecule has 0 spiro atoms. The van der Waals surface area contributed by atoms with E-state index in [9.17, 15) is 4.79 Å². The second-order valence-electron chi connectivity index (χ2n) is 2.54. The molecule has 0 radical (unpaired) electrons. The second-order valence-corrected chi connectivity index (χ2v) is 2.54. The summed E-state index contributed by atoms with van der Waals surface area (Å²) in [5.74, 6) is 0. The second kappa shape index (κ2) is 2.72. The Bertz CT molecular complexity index is 507. The molecule has 0 aliphatic carbocycles. The lowest BCUT2D eigenvalue weighted by Crippen LogP contribution is -1.91. The van der Waals surface area contributed by atoms with E-state index in [0.29, 0.717) is 23.1 Å². The molecule has 0 amide bonds. The van der Waals surface area contributed by atoms with Crippen LogP contribution in [0.3, 0.4) is 0 Å². The monoisotopic (exact) mass is 171 g/mol. The summed E-state index contributed by atoms with van der Waals surface area (Å²) in [6, 6.07) is 6.93. The quantitative estimate of drug-likeness (QED) is 0.600. The maximum absolute atomic E-state index is 10.5. The van der Waals surface area contributed by atoms with Crippen molar-refractivity contribution in [2.45, 2.75) is 0 Å². The van der Waals surface area contributed by atoms with Crippen molar-refractivity contribution in [3.63, 3.8) is 0 Å². The number of carbonyl (C=O) groups is 1. The number of fused-ring (bicyclic) bond motifs is 1. The average molecular weight is 171 g/mol. The smallest absolute Gasteiger partial charge is 0.218 e. The fraction of sp³-hybridized carbons (Fsp3) is 0. The summed E-state index contributed by atoms with van der Waals surface area (Å²) >= 11 is 0. The normalized spacial score (nSPS) is 9.77. The van der Waals surface area contributed by atoms with Crippen LogP contribution in [-0.4, -0.2) is 16.0 Å². The molecule has 4 nitrogen and oxygen atoms in total. The van der Waals surface area contributed by atoms with Crippen LogP contribution in [-0.2, 0) is 4.79 Å². The highest BCUT2D eigenvalue weighted by atomic mass is 16.1. The minimum atomic E-state index is 0.358. The predicted octanol–water partition coefficient (Wildman–Crippen LogP) is 0.946. The van der Waals surface area contributed by atoms with E-state index in [2.05, 4.69) is 4.98 Å². The molecule has 13 heavy (non-hydrogen) atoms. The van der Waals surface area contributed by atoms with Gasteiger partial charge in [-0.3, -0.25) is 9.36 Å². The maximum Gasteiger partial charge on any atom is 0.218 e. The van der Waals surface area contributed by atoms with Crippen LogP contribution < -0.4 is 0 Å². The molecule has 0 atom stereocenters. The Hall–Kier alpha value is -2.15. The van der Waals surface area contributed by atoms with Gasteiger partial charge in [-0.1, -0.05) is 0 Å². The number of rotatable bonds is 1. The first-order chi connectivity index (χ1) is 6.35. The molecule has 0 N–H and O–H groups in total. The molecule has 0 aromatic carbocycles. The van der Waals surface area contributed by atoms with Gasteiger partial charge in [0.05, 0.1) is 11.0 Å². The van der Waals surface area contributed by atoms with Gasteiger partial charge in [-0.2, -0.15) is 5.26 Å². The van der Waals surface area contributed by atoms with Gasteiger partial charge in [-0.15, -0.1) is 0 Å². The van der Waals surface area contributed by atoms with Crippen LogP contribution in [0.1, 0.15) is 5.69 Å². The van der Waals surface area contributed by atoms with Gasteiger partial charge >= 0.3 is 0 Å². The van der Waals surface area contributed by atoms with E-state index in [-0.39, 0.29) is 0 Å². The lowest BCUT2D eigenvalue weighted by atomic mass is 10.3. The summed E-state index contributed by atoms with van der Waals surface area (Å²) in [6.07, 6.45) is 2.32. The Labute approximate surface area is 74.0 Å². The van der Waals surface area contributed by atoms with E-state index in [1.807, 2.05) is 6.07 Å². The third kappa shape index (κ3) is 1.07. The molecular weight excluding hydrogens is 166 g/mol. The highest BCUT2D eigenvalue weighted by molar-refractivity contribution is 5.82. The van der Waals surface area contributed by atoms with Crippen molar-refractivity contribution in [2.75, 3.05) is 0 Å². The Kier molecular flexibility index (Phi) is 1.57. The van der Waals surface area contributed by atoms with Crippen LogP contribution >= 0.6 is 0 Å². The third-order valence-corrected chi connectivity index (χ3v) is 1.80. The van der Waals surface area contributed by atoms with E-state index < -0.39 is 0 Å². The molecule has 0 aliphatic rings. The summed E-state index contributed by atoms with van der Waals surface area (Å²) < 4.78 is 1.42. The van der Waals surface area contributed by atoms with Crippen molar-refractivity contribution in [1.29, 1.82) is 5.26 Å². The lowest BCUT2D eigenvalue weighted by Gasteiger charge is -1.93. The largest absolute Gasteiger partial charge is 0.288 e. The van der Waals surface area contributed by atoms with Gasteiger partial charge in [0.25, 0.3) is 0 Å². The van der Waals surface area contributed by atoms with Crippen LogP contribution in [0.15, 0.2) is 24.4 Å². The van der Waals surface area contributed by atoms with Gasteiger partial charge in [0.1, 0.15) is 11.8 Å². The molecule has 2 aromatic heterocycles. The lowest BCUT2D eigenvalue weighted by molar-refractivity contribution is 0.549. The summed E-state index contributed by atoms with van der Waals surface area (Å²) in [6.45, 7) is 0. The van der Waals surface area contributed by atoms with Crippen LogP contribution in [0.5, 0.6) is 0 Å². The zero-order chi connectivity index (χ0) is 9.26. The summed E-state index contributed by atoms with van der Waals surface area (Å²) in [7, 11) is 0. The Morgan fingerprint density at radius 2 is 2.31 bits per heavy atom. The minimum Gasteiger partial charge on any atom is -0.288 e. The molecule has 4 heteroatoms. The molecule has 0 aliphatic heterocycles. The van der Waals surface area contributed by atoms with Crippen molar-refractivity contribution in [3.8, 4) is 6.07 Å². The van der Waals surface area contributed by atoms with E-state index in [4.69, 9.17) is 5.26 Å².